The van der Waals surface area contributed by atoms with Crippen molar-refractivity contribution in [3.05, 3.63) is 82.4 Å². The maximum atomic E-state index is 13.3. The van der Waals surface area contributed by atoms with E-state index in [0.29, 0.717) is 30.2 Å². The molecule has 2 fully saturated rings. The van der Waals surface area contributed by atoms with Crippen molar-refractivity contribution < 1.29 is 23.7 Å². The molecule has 7 nitrogen and oxygen atoms in total. The molecule has 2 aliphatic heterocycles. The summed E-state index contributed by atoms with van der Waals surface area (Å²) in [6, 6.07) is 18.7. The largest absolute Gasteiger partial charge is 0.497 e. The number of hydrogen-bond donors (Lipinski definition) is 1. The summed E-state index contributed by atoms with van der Waals surface area (Å²) >= 11 is 6.84. The minimum Gasteiger partial charge on any atom is -0.497 e. The number of rotatable bonds is 11. The molecule has 0 spiro atoms. The Labute approximate surface area is 235 Å². The van der Waals surface area contributed by atoms with Gasteiger partial charge in [-0.25, -0.2) is 0 Å². The van der Waals surface area contributed by atoms with Crippen LogP contribution in [0.15, 0.2) is 60.7 Å². The molecule has 2 aliphatic rings. The zero-order valence-corrected chi connectivity index (χ0v) is 23.3. The smallest absolute Gasteiger partial charge is 0.253 e. The van der Waals surface area contributed by atoms with E-state index in [9.17, 15) is 4.79 Å². The molecule has 39 heavy (non-hydrogen) atoms. The predicted octanol–water partition coefficient (Wildman–Crippen LogP) is 5.87. The van der Waals surface area contributed by atoms with Gasteiger partial charge in [0.2, 0.25) is 0 Å². The Kier molecular flexibility index (Phi) is 8.48. The molecule has 2 saturated heterocycles. The number of benzene rings is 3. The van der Waals surface area contributed by atoms with E-state index in [1.165, 1.54) is 12.8 Å². The van der Waals surface area contributed by atoms with Crippen LogP contribution in [0.5, 0.6) is 23.0 Å². The second-order valence-electron chi connectivity index (χ2n) is 10.1. The second-order valence-corrected chi connectivity index (χ2v) is 10.5. The van der Waals surface area contributed by atoms with Gasteiger partial charge in [0.25, 0.3) is 5.91 Å². The van der Waals surface area contributed by atoms with Crippen molar-refractivity contribution >= 4 is 17.5 Å². The predicted molar refractivity (Wildman–Crippen MR) is 151 cm³/mol. The molecule has 2 heterocycles. The number of carbonyl (C=O) groups excluding carboxylic acids is 1. The highest BCUT2D eigenvalue weighted by molar-refractivity contribution is 6.35. The van der Waals surface area contributed by atoms with E-state index in [-0.39, 0.29) is 23.1 Å². The summed E-state index contributed by atoms with van der Waals surface area (Å²) in [6.07, 6.45) is 4.60. The highest BCUT2D eigenvalue weighted by Crippen LogP contribution is 2.40. The molecule has 1 amide bonds. The van der Waals surface area contributed by atoms with Gasteiger partial charge in [-0.05, 0) is 86.3 Å². The molecule has 0 radical (unpaired) electrons. The average molecular weight is 551 g/mol. The second kappa shape index (κ2) is 12.2. The highest BCUT2D eigenvalue weighted by Gasteiger charge is 2.44. The van der Waals surface area contributed by atoms with E-state index in [1.54, 1.807) is 26.4 Å². The lowest BCUT2D eigenvalue weighted by Gasteiger charge is -2.32. The summed E-state index contributed by atoms with van der Waals surface area (Å²) < 4.78 is 22.8. The summed E-state index contributed by atoms with van der Waals surface area (Å²) in [7, 11) is 3.26. The van der Waals surface area contributed by atoms with E-state index in [0.717, 1.165) is 48.6 Å². The van der Waals surface area contributed by atoms with Crippen molar-refractivity contribution in [2.24, 2.45) is 0 Å². The number of nitrogens with zero attached hydrogens (tertiary/aromatic N) is 1. The molecule has 0 saturated carbocycles. The zero-order valence-electron chi connectivity index (χ0n) is 22.5. The van der Waals surface area contributed by atoms with Crippen molar-refractivity contribution in [3.63, 3.8) is 0 Å². The van der Waals surface area contributed by atoms with Crippen LogP contribution in [0.25, 0.3) is 0 Å². The van der Waals surface area contributed by atoms with Gasteiger partial charge in [-0.3, -0.25) is 9.69 Å². The van der Waals surface area contributed by atoms with E-state index in [1.807, 2.05) is 48.5 Å². The van der Waals surface area contributed by atoms with Gasteiger partial charge < -0.3 is 24.3 Å². The highest BCUT2D eigenvalue weighted by atomic mass is 35.5. The van der Waals surface area contributed by atoms with Gasteiger partial charge in [-0.1, -0.05) is 35.9 Å². The topological polar surface area (TPSA) is 69.3 Å². The van der Waals surface area contributed by atoms with Gasteiger partial charge in [-0.15, -0.1) is 0 Å². The minimum atomic E-state index is -0.205. The van der Waals surface area contributed by atoms with E-state index < -0.39 is 0 Å². The van der Waals surface area contributed by atoms with Gasteiger partial charge in [0.1, 0.15) is 24.7 Å². The van der Waals surface area contributed by atoms with Crippen LogP contribution in [0, 0.1) is 0 Å². The number of halogens is 1. The van der Waals surface area contributed by atoms with Crippen LogP contribution in [-0.2, 0) is 13.2 Å². The fourth-order valence-corrected chi connectivity index (χ4v) is 5.87. The standard InChI is InChI=1S/C31H35ClN2O5/c1-36-24-9-5-22(6-10-24)19-38-27-14-13-26(30(35)33-21-31-15-3-17-34(31)18-4-16-31)28(32)29(27)39-20-23-7-11-25(37-2)12-8-23/h5-14H,3-4,15-21H2,1-2H3,(H,33,35). The molecule has 0 bridgehead atoms. The van der Waals surface area contributed by atoms with E-state index in [4.69, 9.17) is 30.5 Å². The number of carbonyl (C=O) groups is 1. The van der Waals surface area contributed by atoms with Gasteiger partial charge in [0.05, 0.1) is 24.8 Å². The summed E-state index contributed by atoms with van der Waals surface area (Å²) in [5, 5.41) is 3.40. The van der Waals surface area contributed by atoms with Gasteiger partial charge in [-0.2, -0.15) is 0 Å². The first-order valence-corrected chi connectivity index (χ1v) is 13.8. The van der Waals surface area contributed by atoms with Crippen LogP contribution in [0.2, 0.25) is 5.02 Å². The normalized spacial score (nSPS) is 16.0. The number of hydrogen-bond acceptors (Lipinski definition) is 6. The van der Waals surface area contributed by atoms with Crippen molar-refractivity contribution in [2.45, 2.75) is 44.4 Å². The molecule has 3 aromatic carbocycles. The molecule has 0 aromatic heterocycles. The van der Waals surface area contributed by atoms with Crippen LogP contribution in [0.4, 0.5) is 0 Å². The quantitative estimate of drug-likeness (QED) is 0.322. The number of ether oxygens (including phenoxy) is 4. The van der Waals surface area contributed by atoms with Crippen molar-refractivity contribution in [3.8, 4) is 23.0 Å². The first kappa shape index (κ1) is 27.2. The van der Waals surface area contributed by atoms with Crippen LogP contribution < -0.4 is 24.3 Å². The number of nitrogens with one attached hydrogen (secondary N) is 1. The Balaban J connectivity index is 1.34. The number of methoxy groups -OCH3 is 2. The van der Waals surface area contributed by atoms with Crippen molar-refractivity contribution in [1.29, 1.82) is 0 Å². The molecule has 0 unspecified atom stereocenters. The molecular weight excluding hydrogens is 516 g/mol. The number of fused-ring (bicyclic) bond motifs is 1. The third kappa shape index (κ3) is 6.10. The fraction of sp³-hybridized carbons (Fsp3) is 0.387. The molecule has 8 heteroatoms. The molecule has 0 aliphatic carbocycles. The van der Waals surface area contributed by atoms with Gasteiger partial charge in [0, 0.05) is 12.1 Å². The Morgan fingerprint density at radius 1 is 0.846 bits per heavy atom. The van der Waals surface area contributed by atoms with Gasteiger partial charge in [0.15, 0.2) is 11.5 Å². The summed E-state index contributed by atoms with van der Waals surface area (Å²) in [5.74, 6) is 2.15. The fourth-order valence-electron chi connectivity index (χ4n) is 5.58. The maximum Gasteiger partial charge on any atom is 0.253 e. The third-order valence-electron chi connectivity index (χ3n) is 7.79. The van der Waals surface area contributed by atoms with Crippen LogP contribution in [0.1, 0.15) is 47.2 Å². The lowest BCUT2D eigenvalue weighted by Crippen LogP contribution is -2.48. The van der Waals surface area contributed by atoms with Crippen LogP contribution in [0.3, 0.4) is 0 Å². The van der Waals surface area contributed by atoms with E-state index >= 15 is 0 Å². The van der Waals surface area contributed by atoms with Crippen LogP contribution >= 0.6 is 11.6 Å². The summed E-state index contributed by atoms with van der Waals surface area (Å²) in [6.45, 7) is 3.41. The molecule has 1 N–H and O–H groups in total. The SMILES string of the molecule is COc1ccc(COc2ccc(C(=O)NCC34CCCN3CCC4)c(Cl)c2OCc2ccc(OC)cc2)cc1. The molecule has 0 atom stereocenters. The summed E-state index contributed by atoms with van der Waals surface area (Å²) in [4.78, 5) is 15.8. The first-order chi connectivity index (χ1) is 19.0. The third-order valence-corrected chi connectivity index (χ3v) is 8.17. The summed E-state index contributed by atoms with van der Waals surface area (Å²) in [5.41, 5.74) is 2.35. The minimum absolute atomic E-state index is 0.0806. The monoisotopic (exact) mass is 550 g/mol. The van der Waals surface area contributed by atoms with Crippen molar-refractivity contribution in [2.75, 3.05) is 33.9 Å². The zero-order chi connectivity index (χ0) is 27.2. The van der Waals surface area contributed by atoms with Gasteiger partial charge >= 0.3 is 0 Å². The molecule has 3 aromatic rings. The van der Waals surface area contributed by atoms with Crippen LogP contribution in [-0.4, -0.2) is 50.2 Å². The first-order valence-electron chi connectivity index (χ1n) is 13.4. The average Bonchev–Trinajstić information content (AvgIpc) is 3.55. The Bertz CT molecular complexity index is 1270. The van der Waals surface area contributed by atoms with Crippen molar-refractivity contribution in [1.82, 2.24) is 10.2 Å². The Morgan fingerprint density at radius 3 is 1.97 bits per heavy atom. The number of amides is 1. The Morgan fingerprint density at radius 2 is 1.41 bits per heavy atom. The molecule has 5 rings (SSSR count). The molecular formula is C31H35ClN2O5. The van der Waals surface area contributed by atoms with E-state index in [2.05, 4.69) is 10.2 Å². The lowest BCUT2D eigenvalue weighted by molar-refractivity contribution is 0.0919. The lowest BCUT2D eigenvalue weighted by atomic mass is 9.94. The maximum absolute atomic E-state index is 13.3. The Hall–Kier alpha value is -3.42. The molecule has 206 valence electrons.